The molecule has 0 aromatic heterocycles. The smallest absolute Gasteiger partial charge is 0.122 e. The van der Waals surface area contributed by atoms with Crippen molar-refractivity contribution in [1.82, 2.24) is 0 Å². The molecule has 5 heteroatoms. The molecular formula is C28H28O4P+. The van der Waals surface area contributed by atoms with Crippen LogP contribution in [0.25, 0.3) is 0 Å². The van der Waals surface area contributed by atoms with Gasteiger partial charge in [0.2, 0.25) is 0 Å². The monoisotopic (exact) mass is 459 g/mol. The largest absolute Gasteiger partial charge is 0.508 e. The third-order valence-electron chi connectivity index (χ3n) is 5.99. The Kier molecular flexibility index (Phi) is 6.86. The fourth-order valence-electron chi connectivity index (χ4n) is 4.36. The first-order valence-corrected chi connectivity index (χ1v) is 13.4. The minimum absolute atomic E-state index is 0.230. The first-order chi connectivity index (χ1) is 16.0. The number of para-hydroxylation sites is 4. The average molecular weight is 460 g/mol. The Hall–Kier alpha value is -3.49. The Morgan fingerprint density at radius 2 is 0.576 bits per heavy atom. The first-order valence-electron chi connectivity index (χ1n) is 10.9. The fraction of sp³-hybridized carbons (Fsp3) is 0.143. The molecule has 0 aliphatic carbocycles. The second-order valence-electron chi connectivity index (χ2n) is 8.49. The summed E-state index contributed by atoms with van der Waals surface area (Å²) in [6.45, 7) is 0. The maximum absolute atomic E-state index is 10.6. The van der Waals surface area contributed by atoms with E-state index in [1.54, 1.807) is 48.5 Å². The summed E-state index contributed by atoms with van der Waals surface area (Å²) in [5, 5.41) is 42.4. The predicted molar refractivity (Wildman–Crippen MR) is 134 cm³/mol. The number of aromatic hydroxyl groups is 4. The predicted octanol–water partition coefficient (Wildman–Crippen LogP) is 6.63. The van der Waals surface area contributed by atoms with Crippen LogP contribution in [0.4, 0.5) is 0 Å². The molecule has 0 aliphatic heterocycles. The van der Waals surface area contributed by atoms with Crippen LogP contribution in [0.15, 0.2) is 97.1 Å². The standard InChI is InChI=1S/C28H27O4P/c29-25-13-5-1-9-21(25)17-33(18-22-10-2-6-14-26(22)30,19-23-11-3-7-15-27(23)31)20-24-12-4-8-16-28(24)32/h1-16H,17-20H2,(H3-,29,30,31,32)/p+1. The van der Waals surface area contributed by atoms with E-state index >= 15 is 0 Å². The van der Waals surface area contributed by atoms with Gasteiger partial charge in [-0.1, -0.05) is 72.8 Å². The van der Waals surface area contributed by atoms with Gasteiger partial charge in [0, 0.05) is 29.5 Å². The number of benzene rings is 4. The van der Waals surface area contributed by atoms with Crippen molar-refractivity contribution in [3.05, 3.63) is 119 Å². The summed E-state index contributed by atoms with van der Waals surface area (Å²) in [7, 11) is -2.13. The van der Waals surface area contributed by atoms with Crippen LogP contribution in [0.1, 0.15) is 22.3 Å². The lowest BCUT2D eigenvalue weighted by Crippen LogP contribution is -2.09. The van der Waals surface area contributed by atoms with Gasteiger partial charge in [-0.15, -0.1) is 0 Å². The second-order valence-corrected chi connectivity index (χ2v) is 12.4. The van der Waals surface area contributed by atoms with Crippen molar-refractivity contribution in [2.24, 2.45) is 0 Å². The van der Waals surface area contributed by atoms with Crippen molar-refractivity contribution < 1.29 is 20.4 Å². The molecular weight excluding hydrogens is 431 g/mol. The van der Waals surface area contributed by atoms with Gasteiger partial charge in [-0.3, -0.25) is 0 Å². The number of hydrogen-bond acceptors (Lipinski definition) is 4. The van der Waals surface area contributed by atoms with E-state index in [9.17, 15) is 20.4 Å². The van der Waals surface area contributed by atoms with E-state index in [-0.39, 0.29) is 23.0 Å². The molecule has 0 unspecified atom stereocenters. The van der Waals surface area contributed by atoms with Crippen molar-refractivity contribution >= 4 is 7.26 Å². The highest BCUT2D eigenvalue weighted by molar-refractivity contribution is 7.73. The molecule has 0 atom stereocenters. The van der Waals surface area contributed by atoms with Crippen molar-refractivity contribution in [2.45, 2.75) is 24.6 Å². The summed E-state index contributed by atoms with van der Waals surface area (Å²) < 4.78 is 0. The molecule has 0 bridgehead atoms. The van der Waals surface area contributed by atoms with Crippen LogP contribution >= 0.6 is 7.26 Å². The molecule has 0 amide bonds. The third kappa shape index (κ3) is 5.47. The van der Waals surface area contributed by atoms with Crippen LogP contribution in [0.2, 0.25) is 0 Å². The summed E-state index contributed by atoms with van der Waals surface area (Å²) in [4.78, 5) is 0. The van der Waals surface area contributed by atoms with Gasteiger partial charge in [-0.2, -0.15) is 0 Å². The molecule has 0 saturated heterocycles. The SMILES string of the molecule is Oc1ccccc1C[P+](Cc1ccccc1O)(Cc1ccccc1O)Cc1ccccc1O. The Morgan fingerprint density at radius 3 is 0.788 bits per heavy atom. The van der Waals surface area contributed by atoms with Crippen LogP contribution in [-0.2, 0) is 24.6 Å². The van der Waals surface area contributed by atoms with Crippen LogP contribution in [0, 0.1) is 0 Å². The van der Waals surface area contributed by atoms with E-state index in [2.05, 4.69) is 0 Å². The molecule has 0 fully saturated rings. The van der Waals surface area contributed by atoms with Crippen molar-refractivity contribution in [1.29, 1.82) is 0 Å². The van der Waals surface area contributed by atoms with Crippen LogP contribution < -0.4 is 0 Å². The quantitative estimate of drug-likeness (QED) is 0.223. The highest BCUT2D eigenvalue weighted by Gasteiger charge is 2.41. The van der Waals surface area contributed by atoms with E-state index in [1.807, 2.05) is 48.5 Å². The molecule has 0 aliphatic rings. The van der Waals surface area contributed by atoms with E-state index in [4.69, 9.17) is 0 Å². The highest BCUT2D eigenvalue weighted by Crippen LogP contribution is 2.70. The molecule has 4 rings (SSSR count). The zero-order valence-electron chi connectivity index (χ0n) is 18.3. The van der Waals surface area contributed by atoms with Crippen LogP contribution in [-0.4, -0.2) is 20.4 Å². The molecule has 0 saturated carbocycles. The van der Waals surface area contributed by atoms with E-state index in [1.165, 1.54) is 0 Å². The number of phenols is 4. The number of hydrogen-bond donors (Lipinski definition) is 4. The summed E-state index contributed by atoms with van der Waals surface area (Å²) >= 11 is 0. The Morgan fingerprint density at radius 1 is 0.364 bits per heavy atom. The maximum atomic E-state index is 10.6. The topological polar surface area (TPSA) is 80.9 Å². The molecule has 33 heavy (non-hydrogen) atoms. The normalized spacial score (nSPS) is 11.4. The van der Waals surface area contributed by atoms with Crippen molar-refractivity contribution in [2.75, 3.05) is 0 Å². The fourth-order valence-corrected chi connectivity index (χ4v) is 8.99. The lowest BCUT2D eigenvalue weighted by molar-refractivity contribution is 0.469. The van der Waals surface area contributed by atoms with Gasteiger partial charge in [0.15, 0.2) is 0 Å². The van der Waals surface area contributed by atoms with Gasteiger partial charge in [-0.25, -0.2) is 0 Å². The van der Waals surface area contributed by atoms with Gasteiger partial charge in [-0.05, 0) is 24.3 Å². The Balaban J connectivity index is 1.86. The molecule has 0 radical (unpaired) electrons. The molecule has 0 spiro atoms. The van der Waals surface area contributed by atoms with Gasteiger partial charge >= 0.3 is 0 Å². The lowest BCUT2D eigenvalue weighted by atomic mass is 10.2. The maximum Gasteiger partial charge on any atom is 0.122 e. The summed E-state index contributed by atoms with van der Waals surface area (Å²) in [6.07, 6.45) is 2.38. The van der Waals surface area contributed by atoms with Gasteiger partial charge in [0.25, 0.3) is 0 Å². The highest BCUT2D eigenvalue weighted by atomic mass is 31.2. The Labute approximate surface area is 194 Å². The Bertz CT molecular complexity index is 1040. The second kappa shape index (κ2) is 9.97. The van der Waals surface area contributed by atoms with E-state index in [0.717, 1.165) is 22.3 Å². The molecule has 4 aromatic rings. The van der Waals surface area contributed by atoms with Crippen molar-refractivity contribution in [3.8, 4) is 23.0 Å². The first kappa shape index (κ1) is 22.7. The van der Waals surface area contributed by atoms with E-state index < -0.39 is 7.26 Å². The third-order valence-corrected chi connectivity index (χ3v) is 10.0. The molecule has 4 nitrogen and oxygen atoms in total. The average Bonchev–Trinajstić information content (AvgIpc) is 2.80. The zero-order valence-corrected chi connectivity index (χ0v) is 19.2. The van der Waals surface area contributed by atoms with Gasteiger partial charge in [0.1, 0.15) is 23.0 Å². The van der Waals surface area contributed by atoms with Gasteiger partial charge in [0.05, 0.1) is 24.6 Å². The molecule has 168 valence electrons. The molecule has 4 N–H and O–H groups in total. The molecule has 0 heterocycles. The summed E-state index contributed by atoms with van der Waals surface area (Å²) in [5.74, 6) is 0.921. The van der Waals surface area contributed by atoms with Crippen molar-refractivity contribution in [3.63, 3.8) is 0 Å². The zero-order chi connectivity index (χ0) is 23.3. The lowest BCUT2D eigenvalue weighted by Gasteiger charge is -2.29. The number of rotatable bonds is 8. The summed E-state index contributed by atoms with van der Waals surface area (Å²) in [6, 6.07) is 29.2. The summed E-state index contributed by atoms with van der Waals surface area (Å²) in [5.41, 5.74) is 3.30. The minimum Gasteiger partial charge on any atom is -0.508 e. The molecule has 4 aromatic carbocycles. The van der Waals surface area contributed by atoms with Crippen LogP contribution in [0.3, 0.4) is 0 Å². The van der Waals surface area contributed by atoms with Crippen LogP contribution in [0.5, 0.6) is 23.0 Å². The number of phenolic OH excluding ortho intramolecular Hbond substituents is 4. The minimum atomic E-state index is -2.13. The van der Waals surface area contributed by atoms with Gasteiger partial charge < -0.3 is 20.4 Å². The van der Waals surface area contributed by atoms with E-state index in [0.29, 0.717) is 24.6 Å².